The van der Waals surface area contributed by atoms with E-state index in [0.29, 0.717) is 16.6 Å². The minimum Gasteiger partial charge on any atom is -0.297 e. The van der Waals surface area contributed by atoms with Gasteiger partial charge in [0.1, 0.15) is 5.69 Å². The molecule has 0 aliphatic carbocycles. The summed E-state index contributed by atoms with van der Waals surface area (Å²) in [5, 5.41) is 2.92. The van der Waals surface area contributed by atoms with Crippen LogP contribution in [0.4, 0.5) is 5.13 Å². The highest BCUT2D eigenvalue weighted by Gasteiger charge is 2.14. The molecule has 24 heavy (non-hydrogen) atoms. The second-order valence-electron chi connectivity index (χ2n) is 4.89. The van der Waals surface area contributed by atoms with Crippen LogP contribution in [0.2, 0.25) is 0 Å². The molecule has 0 saturated heterocycles. The standard InChI is InChI=1S/C15H12N4O3S2/c1-24(21,22)11-6-4-5-10(9-11)14(20)18-15-17-13(19-23-15)12-7-2-3-8-16-12/h2-9H,1H3,(H,17,18,19,20). The summed E-state index contributed by atoms with van der Waals surface area (Å²) in [4.78, 5) is 20.7. The van der Waals surface area contributed by atoms with E-state index in [9.17, 15) is 13.2 Å². The lowest BCUT2D eigenvalue weighted by Crippen LogP contribution is -2.12. The first kappa shape index (κ1) is 16.2. The zero-order valence-electron chi connectivity index (χ0n) is 12.5. The van der Waals surface area contributed by atoms with E-state index in [2.05, 4.69) is 19.7 Å². The Kier molecular flexibility index (Phi) is 4.36. The lowest BCUT2D eigenvalue weighted by Gasteiger charge is -2.03. The van der Waals surface area contributed by atoms with Crippen molar-refractivity contribution in [2.45, 2.75) is 4.90 Å². The maximum atomic E-state index is 12.3. The predicted molar refractivity (Wildman–Crippen MR) is 90.6 cm³/mol. The van der Waals surface area contributed by atoms with E-state index in [1.54, 1.807) is 18.3 Å². The van der Waals surface area contributed by atoms with Crippen LogP contribution in [0.1, 0.15) is 10.4 Å². The van der Waals surface area contributed by atoms with Gasteiger partial charge < -0.3 is 0 Å². The Hall–Kier alpha value is -2.65. The molecular weight excluding hydrogens is 348 g/mol. The number of anilines is 1. The number of nitrogens with zero attached hydrogens (tertiary/aromatic N) is 3. The molecule has 1 amide bonds. The monoisotopic (exact) mass is 360 g/mol. The van der Waals surface area contributed by atoms with Gasteiger partial charge in [0.05, 0.1) is 4.90 Å². The highest BCUT2D eigenvalue weighted by Crippen LogP contribution is 2.20. The number of carbonyl (C=O) groups is 1. The van der Waals surface area contributed by atoms with Gasteiger partial charge in [-0.2, -0.15) is 9.36 Å². The minimum atomic E-state index is -3.38. The first-order valence-corrected chi connectivity index (χ1v) is 9.46. The van der Waals surface area contributed by atoms with Gasteiger partial charge in [0, 0.05) is 29.5 Å². The van der Waals surface area contributed by atoms with Gasteiger partial charge in [-0.05, 0) is 30.3 Å². The van der Waals surface area contributed by atoms with Crippen molar-refractivity contribution in [1.29, 1.82) is 0 Å². The van der Waals surface area contributed by atoms with Crippen molar-refractivity contribution in [3.8, 4) is 11.5 Å². The fraction of sp³-hybridized carbons (Fsp3) is 0.0667. The summed E-state index contributed by atoms with van der Waals surface area (Å²) >= 11 is 1.03. The van der Waals surface area contributed by atoms with E-state index in [0.717, 1.165) is 17.8 Å². The van der Waals surface area contributed by atoms with Gasteiger partial charge in [-0.3, -0.25) is 15.1 Å². The molecule has 3 rings (SSSR count). The molecule has 0 spiro atoms. The minimum absolute atomic E-state index is 0.0848. The molecular formula is C15H12N4O3S2. The van der Waals surface area contributed by atoms with E-state index in [1.807, 2.05) is 6.07 Å². The van der Waals surface area contributed by atoms with Gasteiger partial charge >= 0.3 is 0 Å². The number of pyridine rings is 1. The Bertz CT molecular complexity index is 985. The number of carbonyl (C=O) groups excluding carboxylic acids is 1. The lowest BCUT2D eigenvalue weighted by atomic mass is 10.2. The van der Waals surface area contributed by atoms with Gasteiger partial charge in [-0.1, -0.05) is 12.1 Å². The quantitative estimate of drug-likeness (QED) is 0.766. The van der Waals surface area contributed by atoms with Gasteiger partial charge in [-0.15, -0.1) is 0 Å². The van der Waals surface area contributed by atoms with Crippen molar-refractivity contribution in [2.24, 2.45) is 0 Å². The zero-order chi connectivity index (χ0) is 17.2. The molecule has 7 nitrogen and oxygen atoms in total. The molecule has 0 aliphatic rings. The maximum Gasteiger partial charge on any atom is 0.257 e. The molecule has 2 heterocycles. The SMILES string of the molecule is CS(=O)(=O)c1cccc(C(=O)Nc2nc(-c3ccccn3)ns2)c1. The van der Waals surface area contributed by atoms with Gasteiger partial charge in [0.25, 0.3) is 5.91 Å². The van der Waals surface area contributed by atoms with Crippen LogP contribution in [0, 0.1) is 0 Å². The van der Waals surface area contributed by atoms with Gasteiger partial charge in [0.15, 0.2) is 15.7 Å². The molecule has 9 heteroatoms. The number of amides is 1. The van der Waals surface area contributed by atoms with Crippen molar-refractivity contribution in [2.75, 3.05) is 11.6 Å². The largest absolute Gasteiger partial charge is 0.297 e. The summed E-state index contributed by atoms with van der Waals surface area (Å²) in [7, 11) is -3.38. The highest BCUT2D eigenvalue weighted by atomic mass is 32.2. The van der Waals surface area contributed by atoms with Gasteiger partial charge in [0.2, 0.25) is 5.13 Å². The fourth-order valence-electron chi connectivity index (χ4n) is 1.91. The van der Waals surface area contributed by atoms with E-state index in [4.69, 9.17) is 0 Å². The molecule has 0 fully saturated rings. The summed E-state index contributed by atoms with van der Waals surface area (Å²) in [5.74, 6) is -0.0370. The molecule has 1 aromatic carbocycles. The molecule has 0 radical (unpaired) electrons. The normalized spacial score (nSPS) is 11.2. The molecule has 3 aromatic rings. The second-order valence-corrected chi connectivity index (χ2v) is 7.66. The van der Waals surface area contributed by atoms with Crippen LogP contribution in [0.25, 0.3) is 11.5 Å². The second kappa shape index (κ2) is 6.46. The Morgan fingerprint density at radius 1 is 1.17 bits per heavy atom. The van der Waals surface area contributed by atoms with Crippen molar-refractivity contribution in [3.63, 3.8) is 0 Å². The molecule has 0 atom stereocenters. The summed E-state index contributed by atoms with van der Waals surface area (Å²) in [5.41, 5.74) is 0.834. The number of hydrogen-bond acceptors (Lipinski definition) is 7. The number of nitrogens with one attached hydrogen (secondary N) is 1. The first-order valence-electron chi connectivity index (χ1n) is 6.80. The van der Waals surface area contributed by atoms with E-state index in [1.165, 1.54) is 24.3 Å². The van der Waals surface area contributed by atoms with Crippen LogP contribution in [0.15, 0.2) is 53.6 Å². The van der Waals surface area contributed by atoms with Crippen molar-refractivity contribution in [1.82, 2.24) is 14.3 Å². The molecule has 2 aromatic heterocycles. The third kappa shape index (κ3) is 3.63. The van der Waals surface area contributed by atoms with Crippen LogP contribution in [0.3, 0.4) is 0 Å². The number of benzene rings is 1. The summed E-state index contributed by atoms with van der Waals surface area (Å²) in [6.07, 6.45) is 2.72. The Morgan fingerprint density at radius 2 is 2.00 bits per heavy atom. The van der Waals surface area contributed by atoms with Crippen molar-refractivity contribution < 1.29 is 13.2 Å². The van der Waals surface area contributed by atoms with Crippen molar-refractivity contribution >= 4 is 32.4 Å². The maximum absolute atomic E-state index is 12.3. The summed E-state index contributed by atoms with van der Waals surface area (Å²) in [6, 6.07) is 11.2. The molecule has 0 saturated carbocycles. The molecule has 0 unspecified atom stereocenters. The first-order chi connectivity index (χ1) is 11.4. The van der Waals surface area contributed by atoms with Crippen LogP contribution in [-0.4, -0.2) is 34.9 Å². The molecule has 1 N–H and O–H groups in total. The number of aromatic nitrogens is 3. The topological polar surface area (TPSA) is 102 Å². The number of sulfone groups is 1. The smallest absolute Gasteiger partial charge is 0.257 e. The van der Waals surface area contributed by atoms with E-state index < -0.39 is 15.7 Å². The summed E-state index contributed by atoms with van der Waals surface area (Å²) in [6.45, 7) is 0. The lowest BCUT2D eigenvalue weighted by molar-refractivity contribution is 0.102. The number of rotatable bonds is 4. The third-order valence-corrected chi connectivity index (χ3v) is 4.81. The summed E-state index contributed by atoms with van der Waals surface area (Å²) < 4.78 is 27.3. The third-order valence-electron chi connectivity index (χ3n) is 3.06. The Labute approximate surface area is 142 Å². The van der Waals surface area contributed by atoms with Crippen LogP contribution in [-0.2, 0) is 9.84 Å². The Balaban J connectivity index is 1.80. The highest BCUT2D eigenvalue weighted by molar-refractivity contribution is 7.90. The fourth-order valence-corrected chi connectivity index (χ4v) is 3.15. The van der Waals surface area contributed by atoms with Crippen LogP contribution >= 0.6 is 11.5 Å². The van der Waals surface area contributed by atoms with Crippen LogP contribution in [0.5, 0.6) is 0 Å². The van der Waals surface area contributed by atoms with E-state index >= 15 is 0 Å². The van der Waals surface area contributed by atoms with Crippen molar-refractivity contribution in [3.05, 3.63) is 54.2 Å². The molecule has 0 bridgehead atoms. The average molecular weight is 360 g/mol. The predicted octanol–water partition coefficient (Wildman–Crippen LogP) is 2.26. The number of hydrogen-bond donors (Lipinski definition) is 1. The average Bonchev–Trinajstić information content (AvgIpc) is 3.03. The molecule has 0 aliphatic heterocycles. The molecule has 122 valence electrons. The van der Waals surface area contributed by atoms with Gasteiger partial charge in [-0.25, -0.2) is 8.42 Å². The van der Waals surface area contributed by atoms with E-state index in [-0.39, 0.29) is 10.5 Å². The Morgan fingerprint density at radius 3 is 2.71 bits per heavy atom. The van der Waals surface area contributed by atoms with Crippen LogP contribution < -0.4 is 5.32 Å². The zero-order valence-corrected chi connectivity index (χ0v) is 14.1.